The molecular formula is C14H20BrN. The highest BCUT2D eigenvalue weighted by Crippen LogP contribution is 2.39. The summed E-state index contributed by atoms with van der Waals surface area (Å²) in [5.74, 6) is 1.85. The lowest BCUT2D eigenvalue weighted by Crippen LogP contribution is -2.21. The highest BCUT2D eigenvalue weighted by Gasteiger charge is 2.33. The molecule has 2 heteroatoms. The van der Waals surface area contributed by atoms with Crippen molar-refractivity contribution in [3.05, 3.63) is 29.3 Å². The normalized spacial score (nSPS) is 23.2. The topological polar surface area (TPSA) is 3.24 Å². The Morgan fingerprint density at radius 1 is 1.44 bits per heavy atom. The number of hydrogen-bond donors (Lipinski definition) is 0. The molecule has 1 aromatic rings. The van der Waals surface area contributed by atoms with E-state index in [2.05, 4.69) is 59.9 Å². The minimum absolute atomic E-state index is 0.917. The van der Waals surface area contributed by atoms with Crippen LogP contribution in [0.1, 0.15) is 24.5 Å². The van der Waals surface area contributed by atoms with Crippen LogP contribution in [0.2, 0.25) is 0 Å². The molecule has 0 heterocycles. The molecule has 88 valence electrons. The summed E-state index contributed by atoms with van der Waals surface area (Å²) < 4.78 is 0. The van der Waals surface area contributed by atoms with E-state index in [4.69, 9.17) is 0 Å². The maximum Gasteiger partial charge on any atom is 0.0393 e. The van der Waals surface area contributed by atoms with Crippen LogP contribution in [0, 0.1) is 18.8 Å². The zero-order chi connectivity index (χ0) is 11.7. The van der Waals surface area contributed by atoms with Gasteiger partial charge in [-0.05, 0) is 42.4 Å². The van der Waals surface area contributed by atoms with Gasteiger partial charge in [-0.3, -0.25) is 0 Å². The lowest BCUT2D eigenvalue weighted by Gasteiger charge is -2.22. The van der Waals surface area contributed by atoms with Crippen molar-refractivity contribution in [1.29, 1.82) is 0 Å². The molecule has 0 aromatic heterocycles. The molecule has 0 bridgehead atoms. The van der Waals surface area contributed by atoms with Crippen LogP contribution >= 0.6 is 15.9 Å². The van der Waals surface area contributed by atoms with Crippen LogP contribution in [0.5, 0.6) is 0 Å². The molecule has 0 N–H and O–H groups in total. The molecule has 1 aliphatic rings. The molecule has 1 aliphatic carbocycles. The van der Waals surface area contributed by atoms with Gasteiger partial charge in [0.1, 0.15) is 0 Å². The number of hydrogen-bond acceptors (Lipinski definition) is 1. The van der Waals surface area contributed by atoms with Crippen LogP contribution in [0.25, 0.3) is 0 Å². The van der Waals surface area contributed by atoms with Crippen molar-refractivity contribution >= 4 is 21.6 Å². The van der Waals surface area contributed by atoms with Gasteiger partial charge in [-0.25, -0.2) is 0 Å². The second kappa shape index (κ2) is 4.79. The smallest absolute Gasteiger partial charge is 0.0393 e. The third-order valence-electron chi connectivity index (χ3n) is 3.61. The first-order valence-electron chi connectivity index (χ1n) is 5.98. The summed E-state index contributed by atoms with van der Waals surface area (Å²) in [6.07, 6.45) is 1.41. The monoisotopic (exact) mass is 281 g/mol. The van der Waals surface area contributed by atoms with E-state index in [-0.39, 0.29) is 0 Å². The first kappa shape index (κ1) is 12.0. The Balaban J connectivity index is 2.07. The van der Waals surface area contributed by atoms with Gasteiger partial charge in [0, 0.05) is 24.6 Å². The van der Waals surface area contributed by atoms with Gasteiger partial charge in [-0.1, -0.05) is 35.0 Å². The summed E-state index contributed by atoms with van der Waals surface area (Å²) in [4.78, 5) is 2.40. The van der Waals surface area contributed by atoms with Gasteiger partial charge in [0.2, 0.25) is 0 Å². The summed E-state index contributed by atoms with van der Waals surface area (Å²) in [6.45, 7) is 5.75. The van der Waals surface area contributed by atoms with E-state index in [1.54, 1.807) is 0 Å². The first-order chi connectivity index (χ1) is 7.61. The number of alkyl halides is 1. The standard InChI is InChI=1S/C14H20BrN/c1-10-7-13(10)9-16(3)14-5-4-12(8-15)6-11(14)2/h4-6,10,13H,7-9H2,1-3H3. The Labute approximate surface area is 107 Å². The van der Waals surface area contributed by atoms with Crippen LogP contribution in [0.3, 0.4) is 0 Å². The van der Waals surface area contributed by atoms with Crippen molar-refractivity contribution in [2.75, 3.05) is 18.5 Å². The van der Waals surface area contributed by atoms with Crippen molar-refractivity contribution in [3.63, 3.8) is 0 Å². The molecule has 1 fully saturated rings. The zero-order valence-electron chi connectivity index (χ0n) is 10.3. The summed E-state index contributed by atoms with van der Waals surface area (Å²) in [7, 11) is 2.21. The van der Waals surface area contributed by atoms with E-state index >= 15 is 0 Å². The zero-order valence-corrected chi connectivity index (χ0v) is 11.9. The van der Waals surface area contributed by atoms with Crippen molar-refractivity contribution < 1.29 is 0 Å². The minimum atomic E-state index is 0.917. The Bertz CT molecular complexity index is 375. The highest BCUT2D eigenvalue weighted by molar-refractivity contribution is 9.08. The Morgan fingerprint density at radius 2 is 2.12 bits per heavy atom. The largest absolute Gasteiger partial charge is 0.374 e. The molecule has 1 aromatic carbocycles. The van der Waals surface area contributed by atoms with Crippen LogP contribution in [0.15, 0.2) is 18.2 Å². The maximum atomic E-state index is 3.50. The lowest BCUT2D eigenvalue weighted by molar-refractivity contribution is 0.724. The third kappa shape index (κ3) is 2.60. The second-order valence-corrected chi connectivity index (χ2v) is 5.67. The maximum absolute atomic E-state index is 3.50. The van der Waals surface area contributed by atoms with Crippen LogP contribution in [-0.4, -0.2) is 13.6 Å². The Hall–Kier alpha value is -0.500. The molecule has 16 heavy (non-hydrogen) atoms. The van der Waals surface area contributed by atoms with Gasteiger partial charge in [0.05, 0.1) is 0 Å². The first-order valence-corrected chi connectivity index (χ1v) is 7.10. The molecule has 2 unspecified atom stereocenters. The van der Waals surface area contributed by atoms with E-state index in [1.807, 2.05) is 0 Å². The van der Waals surface area contributed by atoms with Gasteiger partial charge in [-0.15, -0.1) is 0 Å². The number of benzene rings is 1. The van der Waals surface area contributed by atoms with Crippen molar-refractivity contribution in [1.82, 2.24) is 0 Å². The number of aryl methyl sites for hydroxylation is 1. The summed E-state index contributed by atoms with van der Waals surface area (Å²) >= 11 is 3.50. The molecule has 0 radical (unpaired) electrons. The predicted molar refractivity (Wildman–Crippen MR) is 74.4 cm³/mol. The fraction of sp³-hybridized carbons (Fsp3) is 0.571. The van der Waals surface area contributed by atoms with E-state index in [1.165, 1.54) is 29.8 Å². The molecule has 2 atom stereocenters. The Morgan fingerprint density at radius 3 is 2.62 bits per heavy atom. The fourth-order valence-corrected chi connectivity index (χ4v) is 2.68. The summed E-state index contributed by atoms with van der Waals surface area (Å²) in [5.41, 5.74) is 4.12. The average Bonchev–Trinajstić information content (AvgIpc) is 2.93. The van der Waals surface area contributed by atoms with Crippen molar-refractivity contribution in [2.45, 2.75) is 25.6 Å². The molecule has 1 saturated carbocycles. The quantitative estimate of drug-likeness (QED) is 0.755. The van der Waals surface area contributed by atoms with Gasteiger partial charge < -0.3 is 4.90 Å². The van der Waals surface area contributed by atoms with Crippen LogP contribution < -0.4 is 4.90 Å². The predicted octanol–water partition coefficient (Wildman–Crippen LogP) is 3.98. The minimum Gasteiger partial charge on any atom is -0.374 e. The van der Waals surface area contributed by atoms with E-state index in [9.17, 15) is 0 Å². The summed E-state index contributed by atoms with van der Waals surface area (Å²) in [6, 6.07) is 6.74. The molecular weight excluding hydrogens is 262 g/mol. The van der Waals surface area contributed by atoms with Crippen molar-refractivity contribution in [3.8, 4) is 0 Å². The second-order valence-electron chi connectivity index (χ2n) is 5.11. The number of halogens is 1. The van der Waals surface area contributed by atoms with Gasteiger partial charge in [0.25, 0.3) is 0 Å². The molecule has 0 saturated heterocycles. The molecule has 0 spiro atoms. The molecule has 1 nitrogen and oxygen atoms in total. The average molecular weight is 282 g/mol. The van der Waals surface area contributed by atoms with Crippen LogP contribution in [0.4, 0.5) is 5.69 Å². The molecule has 0 amide bonds. The SMILES string of the molecule is Cc1cc(CBr)ccc1N(C)CC1CC1C. The van der Waals surface area contributed by atoms with E-state index in [0.717, 1.165) is 17.2 Å². The third-order valence-corrected chi connectivity index (χ3v) is 4.26. The molecule has 0 aliphatic heterocycles. The van der Waals surface area contributed by atoms with Gasteiger partial charge >= 0.3 is 0 Å². The van der Waals surface area contributed by atoms with Gasteiger partial charge in [0.15, 0.2) is 0 Å². The Kier molecular flexibility index (Phi) is 3.58. The number of nitrogens with zero attached hydrogens (tertiary/aromatic N) is 1. The molecule has 2 rings (SSSR count). The lowest BCUT2D eigenvalue weighted by atomic mass is 10.1. The van der Waals surface area contributed by atoms with E-state index < -0.39 is 0 Å². The highest BCUT2D eigenvalue weighted by atomic mass is 79.9. The number of rotatable bonds is 4. The summed E-state index contributed by atoms with van der Waals surface area (Å²) in [5, 5.41) is 0.942. The fourth-order valence-electron chi connectivity index (χ4n) is 2.33. The van der Waals surface area contributed by atoms with Gasteiger partial charge in [-0.2, -0.15) is 0 Å². The van der Waals surface area contributed by atoms with Crippen molar-refractivity contribution in [2.24, 2.45) is 11.8 Å². The van der Waals surface area contributed by atoms with Crippen LogP contribution in [-0.2, 0) is 5.33 Å². The number of anilines is 1. The van der Waals surface area contributed by atoms with E-state index in [0.29, 0.717) is 0 Å².